The number of aromatic nitrogens is 1. The van der Waals surface area contributed by atoms with Crippen molar-refractivity contribution >= 4 is 40.6 Å². The number of amides is 1. The highest BCUT2D eigenvalue weighted by Crippen LogP contribution is 2.37. The quantitative estimate of drug-likeness (QED) is 0.234. The van der Waals surface area contributed by atoms with Crippen molar-refractivity contribution in [2.75, 3.05) is 20.3 Å². The molecule has 5 nitrogen and oxygen atoms in total. The van der Waals surface area contributed by atoms with Crippen molar-refractivity contribution in [2.45, 2.75) is 38.5 Å². The lowest BCUT2D eigenvalue weighted by Crippen LogP contribution is -2.34. The van der Waals surface area contributed by atoms with Gasteiger partial charge >= 0.3 is 0 Å². The van der Waals surface area contributed by atoms with Crippen LogP contribution in [-0.2, 0) is 21.7 Å². The summed E-state index contributed by atoms with van der Waals surface area (Å²) < 4.78 is 12.5. The molecule has 5 rings (SSSR count). The molecule has 0 spiro atoms. The number of hydrogen-bond acceptors (Lipinski definition) is 4. The smallest absolute Gasteiger partial charge is 0.254 e. The number of halogens is 1. The highest BCUT2D eigenvalue weighted by molar-refractivity contribution is 6.31. The zero-order valence-corrected chi connectivity index (χ0v) is 23.3. The van der Waals surface area contributed by atoms with Gasteiger partial charge in [0.1, 0.15) is 0 Å². The molecule has 1 saturated heterocycles. The van der Waals surface area contributed by atoms with E-state index in [1.807, 2.05) is 99.8 Å². The minimum absolute atomic E-state index is 0.0274. The summed E-state index contributed by atoms with van der Waals surface area (Å²) in [5, 5.41) is 1.72. The summed E-state index contributed by atoms with van der Waals surface area (Å²) >= 11 is 6.15. The van der Waals surface area contributed by atoms with Crippen LogP contribution in [0.2, 0.25) is 5.02 Å². The summed E-state index contributed by atoms with van der Waals surface area (Å²) in [7, 11) is 1.84. The average Bonchev–Trinajstić information content (AvgIpc) is 3.44. The van der Waals surface area contributed by atoms with Crippen molar-refractivity contribution in [2.24, 2.45) is 0 Å². The molecule has 4 aromatic rings. The van der Waals surface area contributed by atoms with Gasteiger partial charge in [0.15, 0.2) is 5.79 Å². The fraction of sp³-hybridized carbons (Fsp3) is 0.273. The van der Waals surface area contributed by atoms with Crippen molar-refractivity contribution in [1.29, 1.82) is 0 Å². The molecule has 0 radical (unpaired) electrons. The standard InChI is InChI=1S/C33H33ClN2O3/c1-23(2)36(3)32(37)30-10-5-4-8-25(30)17-18-33(38-19-20-39-33)27-9-6-7-24(21-27)11-15-29-16-13-26-12-14-28(34)22-31(26)35-29/h4-16,21-23H,17-20H2,1-3H3/b15-11+. The van der Waals surface area contributed by atoms with Crippen molar-refractivity contribution in [3.8, 4) is 0 Å². The first-order valence-electron chi connectivity index (χ1n) is 13.3. The first kappa shape index (κ1) is 27.1. The summed E-state index contributed by atoms with van der Waals surface area (Å²) in [6.07, 6.45) is 5.29. The molecule has 39 heavy (non-hydrogen) atoms. The number of ether oxygens (including phenoxy) is 2. The topological polar surface area (TPSA) is 51.7 Å². The lowest BCUT2D eigenvalue weighted by molar-refractivity contribution is -0.170. The Hall–Kier alpha value is -3.51. The van der Waals surface area contributed by atoms with Gasteiger partial charge in [0, 0.05) is 41.0 Å². The summed E-state index contributed by atoms with van der Waals surface area (Å²) in [5.74, 6) is -0.832. The number of carbonyl (C=O) groups excluding carboxylic acids is 1. The second kappa shape index (κ2) is 11.7. The maximum atomic E-state index is 13.1. The van der Waals surface area contributed by atoms with E-state index in [0.717, 1.165) is 38.9 Å². The van der Waals surface area contributed by atoms with Gasteiger partial charge in [-0.15, -0.1) is 0 Å². The number of fused-ring (bicyclic) bond motifs is 1. The molecule has 0 atom stereocenters. The van der Waals surface area contributed by atoms with E-state index in [1.54, 1.807) is 4.90 Å². The van der Waals surface area contributed by atoms with Crippen LogP contribution in [0.25, 0.3) is 23.1 Å². The van der Waals surface area contributed by atoms with E-state index < -0.39 is 5.79 Å². The number of pyridine rings is 1. The lowest BCUT2D eigenvalue weighted by Gasteiger charge is -2.29. The van der Waals surface area contributed by atoms with E-state index in [2.05, 4.69) is 12.1 Å². The van der Waals surface area contributed by atoms with Crippen molar-refractivity contribution in [3.05, 3.63) is 112 Å². The van der Waals surface area contributed by atoms with Gasteiger partial charge in [0.2, 0.25) is 0 Å². The predicted octanol–water partition coefficient (Wildman–Crippen LogP) is 7.37. The second-order valence-electron chi connectivity index (χ2n) is 10.1. The summed E-state index contributed by atoms with van der Waals surface area (Å²) in [5.41, 5.74) is 5.42. The molecule has 1 aromatic heterocycles. The average molecular weight is 541 g/mol. The Bertz CT molecular complexity index is 1510. The van der Waals surface area contributed by atoms with E-state index in [-0.39, 0.29) is 11.9 Å². The predicted molar refractivity (Wildman–Crippen MR) is 158 cm³/mol. The normalized spacial score (nSPS) is 14.9. The molecule has 0 bridgehead atoms. The van der Waals surface area contributed by atoms with E-state index >= 15 is 0 Å². The Morgan fingerprint density at radius 2 is 1.77 bits per heavy atom. The first-order valence-corrected chi connectivity index (χ1v) is 13.7. The van der Waals surface area contributed by atoms with Crippen LogP contribution >= 0.6 is 11.6 Å². The van der Waals surface area contributed by atoms with Gasteiger partial charge in [0.05, 0.1) is 24.4 Å². The molecule has 1 aliphatic rings. The van der Waals surface area contributed by atoms with Crippen LogP contribution in [0.15, 0.2) is 78.9 Å². The van der Waals surface area contributed by atoms with Gasteiger partial charge in [-0.25, -0.2) is 4.98 Å². The van der Waals surface area contributed by atoms with Crippen LogP contribution in [0.1, 0.15) is 53.0 Å². The molecule has 200 valence electrons. The van der Waals surface area contributed by atoms with Gasteiger partial charge in [-0.2, -0.15) is 0 Å². The number of carbonyl (C=O) groups is 1. The van der Waals surface area contributed by atoms with Gasteiger partial charge < -0.3 is 14.4 Å². The maximum Gasteiger partial charge on any atom is 0.254 e. The Morgan fingerprint density at radius 3 is 2.56 bits per heavy atom. The highest BCUT2D eigenvalue weighted by Gasteiger charge is 2.38. The number of hydrogen-bond donors (Lipinski definition) is 0. The van der Waals surface area contributed by atoms with E-state index in [4.69, 9.17) is 26.1 Å². The molecule has 1 fully saturated rings. The molecular formula is C33H33ClN2O3. The second-order valence-corrected chi connectivity index (χ2v) is 10.6. The van der Waals surface area contributed by atoms with Crippen molar-refractivity contribution < 1.29 is 14.3 Å². The molecule has 0 N–H and O–H groups in total. The van der Waals surface area contributed by atoms with E-state index in [0.29, 0.717) is 31.1 Å². The third-order valence-electron chi connectivity index (χ3n) is 7.27. The van der Waals surface area contributed by atoms with Gasteiger partial charge in [-0.05, 0) is 67.8 Å². The SMILES string of the molecule is CC(C)N(C)C(=O)c1ccccc1CCC1(c2cccc(/C=C/c3ccc4ccc(Cl)cc4n3)c2)OCCO1. The molecule has 0 saturated carbocycles. The Balaban J connectivity index is 1.37. The summed E-state index contributed by atoms with van der Waals surface area (Å²) in [6, 6.07) is 25.9. The number of nitrogens with zero attached hydrogens (tertiary/aromatic N) is 2. The van der Waals surface area contributed by atoms with Crippen molar-refractivity contribution in [1.82, 2.24) is 9.88 Å². The number of benzene rings is 3. The summed E-state index contributed by atoms with van der Waals surface area (Å²) in [4.78, 5) is 19.6. The van der Waals surface area contributed by atoms with Crippen LogP contribution in [-0.4, -0.2) is 42.1 Å². The molecule has 3 aromatic carbocycles. The highest BCUT2D eigenvalue weighted by atomic mass is 35.5. The summed E-state index contributed by atoms with van der Waals surface area (Å²) in [6.45, 7) is 5.09. The number of aryl methyl sites for hydroxylation is 1. The lowest BCUT2D eigenvalue weighted by atomic mass is 9.94. The van der Waals surface area contributed by atoms with Crippen LogP contribution in [0.5, 0.6) is 0 Å². The zero-order valence-electron chi connectivity index (χ0n) is 22.6. The Morgan fingerprint density at radius 1 is 1.00 bits per heavy atom. The Labute approximate surface area is 235 Å². The molecule has 0 unspecified atom stereocenters. The van der Waals surface area contributed by atoms with E-state index in [1.165, 1.54) is 0 Å². The van der Waals surface area contributed by atoms with Gasteiger partial charge in [-0.1, -0.05) is 66.2 Å². The molecular weight excluding hydrogens is 508 g/mol. The van der Waals surface area contributed by atoms with Crippen molar-refractivity contribution in [3.63, 3.8) is 0 Å². The van der Waals surface area contributed by atoms with Crippen LogP contribution in [0.4, 0.5) is 0 Å². The molecule has 1 amide bonds. The third kappa shape index (κ3) is 6.06. The molecule has 2 heterocycles. The van der Waals surface area contributed by atoms with Crippen LogP contribution in [0.3, 0.4) is 0 Å². The largest absolute Gasteiger partial charge is 0.343 e. The maximum absolute atomic E-state index is 13.1. The number of rotatable bonds is 8. The van der Waals surface area contributed by atoms with Crippen LogP contribution in [0, 0.1) is 0 Å². The van der Waals surface area contributed by atoms with Gasteiger partial charge in [0.25, 0.3) is 5.91 Å². The van der Waals surface area contributed by atoms with Crippen LogP contribution < -0.4 is 0 Å². The molecule has 1 aliphatic heterocycles. The molecule has 6 heteroatoms. The Kier molecular flexibility index (Phi) is 8.12. The minimum atomic E-state index is -0.859. The zero-order chi connectivity index (χ0) is 27.4. The van der Waals surface area contributed by atoms with Gasteiger partial charge in [-0.3, -0.25) is 4.79 Å². The fourth-order valence-electron chi connectivity index (χ4n) is 4.84. The molecule has 0 aliphatic carbocycles. The van der Waals surface area contributed by atoms with E-state index in [9.17, 15) is 4.79 Å². The minimum Gasteiger partial charge on any atom is -0.343 e. The monoisotopic (exact) mass is 540 g/mol. The fourth-order valence-corrected chi connectivity index (χ4v) is 5.01. The first-order chi connectivity index (χ1) is 18.8. The third-order valence-corrected chi connectivity index (χ3v) is 7.50.